The highest BCUT2D eigenvalue weighted by Crippen LogP contribution is 2.18. The minimum absolute atomic E-state index is 0.124. The molecule has 0 bridgehead atoms. The van der Waals surface area contributed by atoms with Crippen molar-refractivity contribution in [1.29, 1.82) is 0 Å². The van der Waals surface area contributed by atoms with E-state index in [1.165, 1.54) is 6.07 Å². The lowest BCUT2D eigenvalue weighted by Crippen LogP contribution is -2.18. The van der Waals surface area contributed by atoms with E-state index in [1.54, 1.807) is 12.1 Å². The van der Waals surface area contributed by atoms with Crippen molar-refractivity contribution in [3.8, 4) is 18.1 Å². The Bertz CT molecular complexity index is 677. The molecule has 0 aromatic heterocycles. The Morgan fingerprint density at radius 1 is 1.26 bits per heavy atom. The van der Waals surface area contributed by atoms with Crippen molar-refractivity contribution in [2.75, 3.05) is 6.61 Å². The topological polar surface area (TPSA) is 41.5 Å². The van der Waals surface area contributed by atoms with Crippen molar-refractivity contribution in [3.63, 3.8) is 0 Å². The number of hydrogen-bond donors (Lipinski definition) is 2. The van der Waals surface area contributed by atoms with Gasteiger partial charge in [-0.05, 0) is 42.3 Å². The maximum Gasteiger partial charge on any atom is 0.148 e. The number of aliphatic hydroxyl groups excluding tert-OH is 1. The average molecular weight is 313 g/mol. The molecular formula is C19H20FNO2. The van der Waals surface area contributed by atoms with Crippen LogP contribution in [0.2, 0.25) is 0 Å². The van der Waals surface area contributed by atoms with Crippen LogP contribution in [0.15, 0.2) is 42.5 Å². The van der Waals surface area contributed by atoms with E-state index in [0.717, 1.165) is 16.9 Å². The summed E-state index contributed by atoms with van der Waals surface area (Å²) in [6.07, 6.45) is 5.16. The summed E-state index contributed by atoms with van der Waals surface area (Å²) in [5.41, 5.74) is 2.35. The van der Waals surface area contributed by atoms with Gasteiger partial charge in [-0.1, -0.05) is 24.1 Å². The zero-order valence-corrected chi connectivity index (χ0v) is 13.1. The molecule has 0 fully saturated rings. The van der Waals surface area contributed by atoms with Crippen molar-refractivity contribution >= 4 is 0 Å². The molecule has 0 spiro atoms. The summed E-state index contributed by atoms with van der Waals surface area (Å²) < 4.78 is 18.7. The average Bonchev–Trinajstić information content (AvgIpc) is 2.59. The molecule has 0 amide bonds. The summed E-state index contributed by atoms with van der Waals surface area (Å²) in [6.45, 7) is 2.59. The Morgan fingerprint density at radius 2 is 2.00 bits per heavy atom. The third-order valence-corrected chi connectivity index (χ3v) is 3.60. The minimum atomic E-state index is -0.383. The van der Waals surface area contributed by atoms with Gasteiger partial charge in [-0.2, -0.15) is 0 Å². The number of ether oxygens (including phenoxy) is 1. The van der Waals surface area contributed by atoms with Crippen molar-refractivity contribution < 1.29 is 14.2 Å². The number of hydrogen-bond acceptors (Lipinski definition) is 3. The quantitative estimate of drug-likeness (QED) is 0.772. The number of rotatable bonds is 7. The predicted molar refractivity (Wildman–Crippen MR) is 88.3 cm³/mol. The van der Waals surface area contributed by atoms with E-state index in [1.807, 2.05) is 31.2 Å². The number of aliphatic hydroxyl groups is 1. The van der Waals surface area contributed by atoms with E-state index in [9.17, 15) is 4.39 Å². The third kappa shape index (κ3) is 4.82. The lowest BCUT2D eigenvalue weighted by atomic mass is 10.1. The zero-order chi connectivity index (χ0) is 16.7. The summed E-state index contributed by atoms with van der Waals surface area (Å²) in [5, 5.41) is 12.5. The molecule has 2 aromatic rings. The Balaban J connectivity index is 1.94. The molecule has 1 atom stereocenters. The molecule has 0 aliphatic rings. The van der Waals surface area contributed by atoms with Gasteiger partial charge in [0.25, 0.3) is 0 Å². The highest BCUT2D eigenvalue weighted by atomic mass is 19.1. The molecule has 0 saturated heterocycles. The fraction of sp³-hybridized carbons (Fsp3) is 0.263. The Morgan fingerprint density at radius 3 is 2.65 bits per heavy atom. The Kier molecular flexibility index (Phi) is 6.16. The number of halogens is 1. The molecule has 4 heteroatoms. The summed E-state index contributed by atoms with van der Waals surface area (Å²) in [6, 6.07) is 12.6. The van der Waals surface area contributed by atoms with Crippen LogP contribution in [0.3, 0.4) is 0 Å². The lowest BCUT2D eigenvalue weighted by molar-refractivity contribution is 0.275. The molecule has 0 heterocycles. The van der Waals surface area contributed by atoms with Crippen LogP contribution < -0.4 is 10.1 Å². The van der Waals surface area contributed by atoms with Gasteiger partial charge < -0.3 is 15.2 Å². The first kappa shape index (κ1) is 17.0. The zero-order valence-electron chi connectivity index (χ0n) is 13.1. The summed E-state index contributed by atoms with van der Waals surface area (Å²) in [4.78, 5) is 0. The fourth-order valence-corrected chi connectivity index (χ4v) is 2.23. The smallest absolute Gasteiger partial charge is 0.148 e. The van der Waals surface area contributed by atoms with Crippen molar-refractivity contribution in [1.82, 2.24) is 5.32 Å². The van der Waals surface area contributed by atoms with Gasteiger partial charge in [-0.3, -0.25) is 0 Å². The first-order valence-electron chi connectivity index (χ1n) is 7.41. The normalized spacial score (nSPS) is 11.7. The monoisotopic (exact) mass is 313 g/mol. The predicted octanol–water partition coefficient (Wildman–Crippen LogP) is 3.18. The van der Waals surface area contributed by atoms with Gasteiger partial charge in [-0.15, -0.1) is 6.42 Å². The molecule has 2 N–H and O–H groups in total. The van der Waals surface area contributed by atoms with E-state index < -0.39 is 0 Å². The van der Waals surface area contributed by atoms with Gasteiger partial charge in [-0.25, -0.2) is 4.39 Å². The molecule has 0 saturated carbocycles. The first-order chi connectivity index (χ1) is 11.1. The molecule has 2 aromatic carbocycles. The van der Waals surface area contributed by atoms with Gasteiger partial charge in [0.15, 0.2) is 0 Å². The molecule has 0 aliphatic carbocycles. The summed E-state index contributed by atoms with van der Waals surface area (Å²) in [7, 11) is 0. The Hall–Kier alpha value is -2.35. The number of nitrogens with one attached hydrogen (secondary N) is 1. The largest absolute Gasteiger partial charge is 0.481 e. The second kappa shape index (κ2) is 8.33. The van der Waals surface area contributed by atoms with E-state index in [2.05, 4.69) is 11.2 Å². The third-order valence-electron chi connectivity index (χ3n) is 3.60. The van der Waals surface area contributed by atoms with E-state index in [4.69, 9.17) is 16.3 Å². The van der Waals surface area contributed by atoms with Gasteiger partial charge in [0, 0.05) is 18.2 Å². The highest BCUT2D eigenvalue weighted by Gasteiger charge is 2.07. The van der Waals surface area contributed by atoms with E-state index in [-0.39, 0.29) is 25.1 Å². The molecule has 1 unspecified atom stereocenters. The van der Waals surface area contributed by atoms with Crippen molar-refractivity contribution in [2.24, 2.45) is 0 Å². The second-order valence-corrected chi connectivity index (χ2v) is 5.25. The van der Waals surface area contributed by atoms with Crippen molar-refractivity contribution in [3.05, 3.63) is 65.0 Å². The van der Waals surface area contributed by atoms with Crippen LogP contribution in [0, 0.1) is 18.2 Å². The first-order valence-corrected chi connectivity index (χ1v) is 7.41. The van der Waals surface area contributed by atoms with Crippen LogP contribution in [0.5, 0.6) is 5.75 Å². The number of benzene rings is 2. The summed E-state index contributed by atoms with van der Waals surface area (Å²) in [5.74, 6) is 2.78. The lowest BCUT2D eigenvalue weighted by Gasteiger charge is -2.15. The molecular weight excluding hydrogens is 293 g/mol. The standard InChI is InChI=1S/C19H20FNO2/c1-3-10-23-18-7-5-16(6-8-18)14(2)21-12-15-4-9-19(20)17(11-15)13-22/h1,4-9,11,14,21-22H,10,12-13H2,2H3. The highest BCUT2D eigenvalue weighted by molar-refractivity contribution is 5.29. The molecule has 0 radical (unpaired) electrons. The molecule has 0 aliphatic heterocycles. The van der Waals surface area contributed by atoms with E-state index in [0.29, 0.717) is 12.1 Å². The van der Waals surface area contributed by atoms with Crippen LogP contribution in [0.25, 0.3) is 0 Å². The van der Waals surface area contributed by atoms with Crippen LogP contribution >= 0.6 is 0 Å². The fourth-order valence-electron chi connectivity index (χ4n) is 2.23. The minimum Gasteiger partial charge on any atom is -0.481 e. The SMILES string of the molecule is C#CCOc1ccc(C(C)NCc2ccc(F)c(CO)c2)cc1. The van der Waals surface area contributed by atoms with Crippen LogP contribution in [0.1, 0.15) is 29.7 Å². The Labute approximate surface area is 136 Å². The van der Waals surface area contributed by atoms with Crippen molar-refractivity contribution in [2.45, 2.75) is 26.1 Å². The van der Waals surface area contributed by atoms with Gasteiger partial charge >= 0.3 is 0 Å². The molecule has 120 valence electrons. The van der Waals surface area contributed by atoms with Gasteiger partial charge in [0.1, 0.15) is 18.2 Å². The second-order valence-electron chi connectivity index (χ2n) is 5.25. The van der Waals surface area contributed by atoms with Crippen LogP contribution in [-0.4, -0.2) is 11.7 Å². The van der Waals surface area contributed by atoms with E-state index >= 15 is 0 Å². The van der Waals surface area contributed by atoms with Crippen LogP contribution in [0.4, 0.5) is 4.39 Å². The molecule has 23 heavy (non-hydrogen) atoms. The van der Waals surface area contributed by atoms with Gasteiger partial charge in [0.2, 0.25) is 0 Å². The maximum absolute atomic E-state index is 13.4. The molecule has 3 nitrogen and oxygen atoms in total. The summed E-state index contributed by atoms with van der Waals surface area (Å²) >= 11 is 0. The van der Waals surface area contributed by atoms with Gasteiger partial charge in [0.05, 0.1) is 6.61 Å². The van der Waals surface area contributed by atoms with Crippen LogP contribution in [-0.2, 0) is 13.2 Å². The molecule has 2 rings (SSSR count). The maximum atomic E-state index is 13.4. The number of terminal acetylenes is 1.